The third-order valence-electron chi connectivity index (χ3n) is 4.12. The predicted octanol–water partition coefficient (Wildman–Crippen LogP) is 4.47. The van der Waals surface area contributed by atoms with E-state index >= 15 is 0 Å². The summed E-state index contributed by atoms with van der Waals surface area (Å²) in [6.45, 7) is 3.88. The number of benzene rings is 2. The van der Waals surface area contributed by atoms with E-state index in [9.17, 15) is 10.1 Å². The first kappa shape index (κ1) is 20.1. The van der Waals surface area contributed by atoms with Crippen molar-refractivity contribution >= 4 is 11.3 Å². The summed E-state index contributed by atoms with van der Waals surface area (Å²) in [5, 5.41) is 11.4. The third-order valence-corrected chi connectivity index (χ3v) is 4.12. The lowest BCUT2D eigenvalue weighted by atomic mass is 9.93. The summed E-state index contributed by atoms with van der Waals surface area (Å²) in [6.07, 6.45) is 0. The summed E-state index contributed by atoms with van der Waals surface area (Å²) in [7, 11) is 6.03. The Kier molecular flexibility index (Phi) is 6.28. The molecule has 0 heterocycles. The lowest BCUT2D eigenvalue weighted by Crippen LogP contribution is -2.00. The molecule has 0 radical (unpaired) electrons. The van der Waals surface area contributed by atoms with Gasteiger partial charge in [-0.3, -0.25) is 10.1 Å². The van der Waals surface area contributed by atoms with Gasteiger partial charge in [0.05, 0.1) is 33.4 Å². The Hall–Kier alpha value is -3.22. The smallest absolute Gasteiger partial charge is 0.311 e. The zero-order chi connectivity index (χ0) is 20.1. The van der Waals surface area contributed by atoms with E-state index in [1.807, 2.05) is 26.0 Å². The van der Waals surface area contributed by atoms with Gasteiger partial charge < -0.3 is 18.9 Å². The van der Waals surface area contributed by atoms with Gasteiger partial charge in [-0.25, -0.2) is 0 Å². The molecule has 0 aliphatic heterocycles. The van der Waals surface area contributed by atoms with Gasteiger partial charge in [-0.1, -0.05) is 11.6 Å². The van der Waals surface area contributed by atoms with Gasteiger partial charge in [0.1, 0.15) is 0 Å². The van der Waals surface area contributed by atoms with Crippen molar-refractivity contribution in [1.29, 1.82) is 0 Å². The zero-order valence-electron chi connectivity index (χ0n) is 16.3. The zero-order valence-corrected chi connectivity index (χ0v) is 16.3. The Labute approximate surface area is 158 Å². The van der Waals surface area contributed by atoms with Crippen LogP contribution in [0.4, 0.5) is 5.69 Å². The number of hydrogen-bond donors (Lipinski definition) is 0. The molecule has 0 saturated heterocycles. The number of ether oxygens (including phenoxy) is 4. The summed E-state index contributed by atoms with van der Waals surface area (Å²) in [4.78, 5) is 10.9. The number of hydrogen-bond acceptors (Lipinski definition) is 6. The molecule has 2 aromatic carbocycles. The Morgan fingerprint density at radius 3 is 1.78 bits per heavy atom. The van der Waals surface area contributed by atoms with Crippen molar-refractivity contribution in [2.75, 3.05) is 28.4 Å². The standard InChI is InChI=1S/C20H23NO6/c1-12(2)19(13-7-8-16(24-3)15(9-13)21(22)23)14-10-17(25-4)20(27-6)18(11-14)26-5/h7-11H,1-6H3. The summed E-state index contributed by atoms with van der Waals surface area (Å²) in [5.74, 6) is 1.71. The lowest BCUT2D eigenvalue weighted by Gasteiger charge is -2.17. The van der Waals surface area contributed by atoms with Crippen LogP contribution in [0.25, 0.3) is 5.57 Å². The second-order valence-corrected chi connectivity index (χ2v) is 5.93. The molecule has 27 heavy (non-hydrogen) atoms. The van der Waals surface area contributed by atoms with Crippen LogP contribution < -0.4 is 18.9 Å². The molecule has 0 bridgehead atoms. The highest BCUT2D eigenvalue weighted by molar-refractivity contribution is 5.85. The molecule has 0 aliphatic rings. The van der Waals surface area contributed by atoms with Crippen molar-refractivity contribution < 1.29 is 23.9 Å². The van der Waals surface area contributed by atoms with Crippen LogP contribution in [0, 0.1) is 10.1 Å². The molecule has 0 atom stereocenters. The average molecular weight is 373 g/mol. The van der Waals surface area contributed by atoms with Crippen LogP contribution in [0.5, 0.6) is 23.0 Å². The molecule has 7 heteroatoms. The van der Waals surface area contributed by atoms with Crippen LogP contribution >= 0.6 is 0 Å². The van der Waals surface area contributed by atoms with Gasteiger partial charge in [-0.15, -0.1) is 0 Å². The summed E-state index contributed by atoms with van der Waals surface area (Å²) in [5.41, 5.74) is 3.20. The first-order valence-electron chi connectivity index (χ1n) is 8.18. The van der Waals surface area contributed by atoms with E-state index in [2.05, 4.69) is 0 Å². The number of rotatable bonds is 7. The number of nitrogens with zero attached hydrogens (tertiary/aromatic N) is 1. The Morgan fingerprint density at radius 1 is 0.815 bits per heavy atom. The Bertz CT molecular complexity index is 859. The molecule has 0 aromatic heterocycles. The van der Waals surface area contributed by atoms with Gasteiger partial charge in [0.15, 0.2) is 17.2 Å². The second-order valence-electron chi connectivity index (χ2n) is 5.93. The molecular formula is C20H23NO6. The van der Waals surface area contributed by atoms with Crippen molar-refractivity contribution in [2.45, 2.75) is 13.8 Å². The van der Waals surface area contributed by atoms with E-state index < -0.39 is 4.92 Å². The molecule has 0 spiro atoms. The molecule has 0 N–H and O–H groups in total. The van der Waals surface area contributed by atoms with Gasteiger partial charge in [-0.2, -0.15) is 0 Å². The SMILES string of the molecule is COc1ccc(C(=C(C)C)c2cc(OC)c(OC)c(OC)c2)cc1[N+](=O)[O-]. The predicted molar refractivity (Wildman–Crippen MR) is 103 cm³/mol. The molecule has 7 nitrogen and oxygen atoms in total. The van der Waals surface area contributed by atoms with Crippen LogP contribution in [0.2, 0.25) is 0 Å². The van der Waals surface area contributed by atoms with Crippen LogP contribution in [0.1, 0.15) is 25.0 Å². The number of allylic oxidation sites excluding steroid dienone is 1. The fourth-order valence-corrected chi connectivity index (χ4v) is 2.96. The highest BCUT2D eigenvalue weighted by atomic mass is 16.6. The number of nitro benzene ring substituents is 1. The fourth-order valence-electron chi connectivity index (χ4n) is 2.96. The maximum absolute atomic E-state index is 11.4. The molecular weight excluding hydrogens is 350 g/mol. The van der Waals surface area contributed by atoms with Crippen LogP contribution in [-0.4, -0.2) is 33.4 Å². The van der Waals surface area contributed by atoms with Gasteiger partial charge in [0.2, 0.25) is 5.75 Å². The first-order chi connectivity index (χ1) is 12.9. The first-order valence-corrected chi connectivity index (χ1v) is 8.18. The van der Waals surface area contributed by atoms with Crippen molar-refractivity contribution in [3.05, 3.63) is 57.1 Å². The van der Waals surface area contributed by atoms with Crippen LogP contribution in [0.3, 0.4) is 0 Å². The molecule has 0 saturated carbocycles. The summed E-state index contributed by atoms with van der Waals surface area (Å²) in [6, 6.07) is 8.52. The van der Waals surface area contributed by atoms with E-state index in [-0.39, 0.29) is 11.4 Å². The quantitative estimate of drug-likeness (QED) is 0.526. The average Bonchev–Trinajstić information content (AvgIpc) is 2.66. The van der Waals surface area contributed by atoms with Crippen LogP contribution in [-0.2, 0) is 0 Å². The van der Waals surface area contributed by atoms with Crippen molar-refractivity contribution in [3.63, 3.8) is 0 Å². The topological polar surface area (TPSA) is 80.1 Å². The van der Waals surface area contributed by atoms with Gasteiger partial charge in [-0.05, 0) is 48.7 Å². The number of methoxy groups -OCH3 is 4. The maximum atomic E-state index is 11.4. The van der Waals surface area contributed by atoms with E-state index in [0.29, 0.717) is 22.8 Å². The highest BCUT2D eigenvalue weighted by Crippen LogP contribution is 2.42. The largest absolute Gasteiger partial charge is 0.493 e. The second kappa shape index (κ2) is 8.44. The van der Waals surface area contributed by atoms with Crippen molar-refractivity contribution in [3.8, 4) is 23.0 Å². The van der Waals surface area contributed by atoms with Crippen LogP contribution in [0.15, 0.2) is 35.9 Å². The molecule has 0 unspecified atom stereocenters. The molecule has 2 rings (SSSR count). The van der Waals surface area contributed by atoms with Gasteiger partial charge in [0, 0.05) is 6.07 Å². The normalized spacial score (nSPS) is 10.1. The van der Waals surface area contributed by atoms with Crippen molar-refractivity contribution in [2.24, 2.45) is 0 Å². The fraction of sp³-hybridized carbons (Fsp3) is 0.300. The maximum Gasteiger partial charge on any atom is 0.311 e. The minimum atomic E-state index is -0.458. The minimum absolute atomic E-state index is 0.0961. The molecule has 2 aromatic rings. The molecule has 0 fully saturated rings. The lowest BCUT2D eigenvalue weighted by molar-refractivity contribution is -0.385. The van der Waals surface area contributed by atoms with E-state index in [1.165, 1.54) is 20.3 Å². The van der Waals surface area contributed by atoms with Crippen molar-refractivity contribution in [1.82, 2.24) is 0 Å². The number of nitro groups is 1. The Balaban J connectivity index is 2.72. The molecule has 0 amide bonds. The van der Waals surface area contributed by atoms with Gasteiger partial charge in [0.25, 0.3) is 0 Å². The van der Waals surface area contributed by atoms with E-state index in [4.69, 9.17) is 18.9 Å². The molecule has 144 valence electrons. The van der Waals surface area contributed by atoms with Gasteiger partial charge >= 0.3 is 5.69 Å². The summed E-state index contributed by atoms with van der Waals surface area (Å²) < 4.78 is 21.3. The van der Waals surface area contributed by atoms with E-state index in [1.54, 1.807) is 26.4 Å². The minimum Gasteiger partial charge on any atom is -0.493 e. The Morgan fingerprint density at radius 2 is 1.37 bits per heavy atom. The summed E-state index contributed by atoms with van der Waals surface area (Å²) >= 11 is 0. The molecule has 0 aliphatic carbocycles. The van der Waals surface area contributed by atoms with E-state index in [0.717, 1.165) is 16.7 Å². The highest BCUT2D eigenvalue weighted by Gasteiger charge is 2.20. The third kappa shape index (κ3) is 3.97. The monoisotopic (exact) mass is 373 g/mol.